The van der Waals surface area contributed by atoms with Crippen LogP contribution in [0.3, 0.4) is 0 Å². The Morgan fingerprint density at radius 1 is 0.369 bits per heavy atom. The van der Waals surface area contributed by atoms with Gasteiger partial charge in [-0.2, -0.15) is 0 Å². The van der Waals surface area contributed by atoms with E-state index in [1.54, 1.807) is 0 Å². The molecular formula is C36H61N3O26. The Morgan fingerprint density at radius 2 is 0.677 bits per heavy atom. The smallest absolute Gasteiger partial charge is 0.217 e. The quantitative estimate of drug-likeness (QED) is 0.0683. The van der Waals surface area contributed by atoms with Gasteiger partial charge < -0.3 is 130 Å². The van der Waals surface area contributed by atoms with Crippen LogP contribution in [0.5, 0.6) is 0 Å². The van der Waals surface area contributed by atoms with E-state index in [1.807, 2.05) is 0 Å². The summed E-state index contributed by atoms with van der Waals surface area (Å²) in [5, 5.41) is 155. The molecule has 17 N–H and O–H groups in total. The van der Waals surface area contributed by atoms with Gasteiger partial charge in [-0.1, -0.05) is 0 Å². The zero-order valence-electron chi connectivity index (χ0n) is 35.1. The molecule has 5 aliphatic rings. The average molecular weight is 952 g/mol. The lowest BCUT2D eigenvalue weighted by Gasteiger charge is -2.51. The van der Waals surface area contributed by atoms with Crippen LogP contribution in [0.2, 0.25) is 0 Å². The van der Waals surface area contributed by atoms with E-state index in [2.05, 4.69) is 16.0 Å². The largest absolute Gasteiger partial charge is 0.394 e. The van der Waals surface area contributed by atoms with E-state index < -0.39 is 204 Å². The molecule has 5 saturated heterocycles. The van der Waals surface area contributed by atoms with Gasteiger partial charge in [0.05, 0.1) is 33.0 Å². The van der Waals surface area contributed by atoms with Crippen LogP contribution in [-0.4, -0.2) is 276 Å². The third-order valence-corrected chi connectivity index (χ3v) is 11.5. The first-order chi connectivity index (χ1) is 30.7. The predicted octanol–water partition coefficient (Wildman–Crippen LogP) is -11.5. The van der Waals surface area contributed by atoms with E-state index in [1.165, 1.54) is 0 Å². The maximum atomic E-state index is 12.5. The maximum absolute atomic E-state index is 12.5. The summed E-state index contributed by atoms with van der Waals surface area (Å²) in [7, 11) is 0. The summed E-state index contributed by atoms with van der Waals surface area (Å²) in [5.41, 5.74) is 0. The minimum absolute atomic E-state index is 0.707. The fraction of sp³-hybridized carbons (Fsp3) is 0.917. The topological polar surface area (TPSA) is 454 Å². The minimum atomic E-state index is -2.12. The third kappa shape index (κ3) is 11.9. The van der Waals surface area contributed by atoms with E-state index >= 15 is 0 Å². The molecule has 5 rings (SSSR count). The molecule has 1 unspecified atom stereocenters. The Bertz CT molecular complexity index is 1560. The highest BCUT2D eigenvalue weighted by molar-refractivity contribution is 5.74. The highest BCUT2D eigenvalue weighted by atomic mass is 16.8. The fourth-order valence-corrected chi connectivity index (χ4v) is 8.24. The number of hydrogen-bond donors (Lipinski definition) is 17. The molecule has 0 aromatic rings. The molecule has 25 atom stereocenters. The first-order valence-electron chi connectivity index (χ1n) is 20.6. The van der Waals surface area contributed by atoms with Crippen molar-refractivity contribution in [1.29, 1.82) is 0 Å². The number of carbonyl (C=O) groups excluding carboxylic acids is 3. The molecule has 29 heteroatoms. The number of nitrogens with one attached hydrogen (secondary N) is 3. The van der Waals surface area contributed by atoms with Crippen molar-refractivity contribution >= 4 is 17.7 Å². The van der Waals surface area contributed by atoms with Crippen molar-refractivity contribution in [2.45, 2.75) is 174 Å². The third-order valence-electron chi connectivity index (χ3n) is 11.5. The monoisotopic (exact) mass is 951 g/mol. The standard InChI is InChI=1S/C36H61N3O26/c1-9(45)37-17-22(50)20(48)12(4-40)58-33(17)62-28-15(7-43)60-34(18(23(28)51)38-10(2)46)63-29-16(8-44)61-35(19(24(29)52)39-11(3)47)65-31-27(55)30(14(6-42)57-32(31)56)64-36-26(54)25(53)21(49)13(5-41)59-36/h12-36,40-44,48-56H,4-8H2,1-3H3,(H,37,45)(H,38,46)(H,39,47)/t12-,13-,14-,15-,16-,17-,18-,19-,20-,21+,22-,23-,24-,25+,26-,27+,28-,29-,30-,31-,32?,33+,34+,35+,36+/m1/s1. The molecule has 0 spiro atoms. The van der Waals surface area contributed by atoms with Gasteiger partial charge in [0.15, 0.2) is 31.5 Å². The van der Waals surface area contributed by atoms with Crippen LogP contribution in [0.4, 0.5) is 0 Å². The summed E-state index contributed by atoms with van der Waals surface area (Å²) in [6.07, 6.45) is -39.6. The first kappa shape index (κ1) is 53.4. The summed E-state index contributed by atoms with van der Waals surface area (Å²) in [5.74, 6) is -2.31. The van der Waals surface area contributed by atoms with Crippen LogP contribution < -0.4 is 16.0 Å². The van der Waals surface area contributed by atoms with E-state index in [4.69, 9.17) is 42.6 Å². The number of carbonyl (C=O) groups is 3. The van der Waals surface area contributed by atoms with Crippen molar-refractivity contribution in [3.05, 3.63) is 0 Å². The lowest BCUT2D eigenvalue weighted by Crippen LogP contribution is -2.71. The predicted molar refractivity (Wildman–Crippen MR) is 201 cm³/mol. The summed E-state index contributed by atoms with van der Waals surface area (Å²) >= 11 is 0. The van der Waals surface area contributed by atoms with E-state index in [-0.39, 0.29) is 0 Å². The molecule has 65 heavy (non-hydrogen) atoms. The van der Waals surface area contributed by atoms with Crippen LogP contribution in [0, 0.1) is 0 Å². The minimum Gasteiger partial charge on any atom is -0.394 e. The van der Waals surface area contributed by atoms with Gasteiger partial charge in [0.25, 0.3) is 0 Å². The Hall–Kier alpha value is -2.51. The Morgan fingerprint density at radius 3 is 1.08 bits per heavy atom. The molecule has 0 radical (unpaired) electrons. The molecule has 5 fully saturated rings. The Kier molecular flexibility index (Phi) is 19.1. The number of rotatable bonds is 16. The maximum Gasteiger partial charge on any atom is 0.217 e. The van der Waals surface area contributed by atoms with E-state index in [0.717, 1.165) is 20.8 Å². The summed E-state index contributed by atoms with van der Waals surface area (Å²) in [4.78, 5) is 37.0. The number of aliphatic hydroxyl groups is 14. The molecule has 0 aliphatic carbocycles. The molecule has 0 bridgehead atoms. The molecule has 29 nitrogen and oxygen atoms in total. The molecule has 5 aliphatic heterocycles. The van der Waals surface area contributed by atoms with Crippen molar-refractivity contribution < 1.29 is 129 Å². The van der Waals surface area contributed by atoms with Crippen molar-refractivity contribution in [3.63, 3.8) is 0 Å². The van der Waals surface area contributed by atoms with Crippen LogP contribution in [-0.2, 0) is 57.0 Å². The normalized spacial score (nSPS) is 47.1. The summed E-state index contributed by atoms with van der Waals surface area (Å²) in [6.45, 7) is -1.40. The van der Waals surface area contributed by atoms with Crippen LogP contribution in [0.25, 0.3) is 0 Å². The molecule has 376 valence electrons. The lowest BCUT2D eigenvalue weighted by atomic mass is 9.93. The fourth-order valence-electron chi connectivity index (χ4n) is 8.24. The first-order valence-corrected chi connectivity index (χ1v) is 20.6. The van der Waals surface area contributed by atoms with Gasteiger partial charge in [0.2, 0.25) is 17.7 Å². The van der Waals surface area contributed by atoms with Gasteiger partial charge >= 0.3 is 0 Å². The zero-order valence-corrected chi connectivity index (χ0v) is 35.1. The van der Waals surface area contributed by atoms with Crippen molar-refractivity contribution in [2.24, 2.45) is 0 Å². The average Bonchev–Trinajstić information content (AvgIpc) is 3.26. The second-order valence-electron chi connectivity index (χ2n) is 16.2. The molecule has 0 aromatic heterocycles. The van der Waals surface area contributed by atoms with Crippen LogP contribution in [0.1, 0.15) is 20.8 Å². The second kappa shape index (κ2) is 23.2. The van der Waals surface area contributed by atoms with Gasteiger partial charge in [0.1, 0.15) is 122 Å². The zero-order chi connectivity index (χ0) is 48.2. The van der Waals surface area contributed by atoms with Gasteiger partial charge in [-0.05, 0) is 0 Å². The highest BCUT2D eigenvalue weighted by Gasteiger charge is 2.57. The van der Waals surface area contributed by atoms with E-state index in [0.29, 0.717) is 0 Å². The van der Waals surface area contributed by atoms with Crippen LogP contribution in [0.15, 0.2) is 0 Å². The van der Waals surface area contributed by atoms with Crippen LogP contribution >= 0.6 is 0 Å². The number of amides is 3. The van der Waals surface area contributed by atoms with Gasteiger partial charge in [-0.3, -0.25) is 14.4 Å². The number of aliphatic hydroxyl groups excluding tert-OH is 14. The van der Waals surface area contributed by atoms with Gasteiger partial charge in [-0.15, -0.1) is 0 Å². The molecular weight excluding hydrogens is 890 g/mol. The van der Waals surface area contributed by atoms with Gasteiger partial charge in [-0.25, -0.2) is 0 Å². The molecule has 0 aromatic carbocycles. The number of ether oxygens (including phenoxy) is 9. The van der Waals surface area contributed by atoms with Crippen molar-refractivity contribution in [1.82, 2.24) is 16.0 Å². The lowest BCUT2D eigenvalue weighted by molar-refractivity contribution is -0.382. The van der Waals surface area contributed by atoms with E-state index in [9.17, 15) is 85.9 Å². The SMILES string of the molecule is CC(=O)N[C@H]1[C@H](O[C@H]2C(O)O[C@H](CO)[C@@H](O[C@@H]3O[C@H](CO)[C@H](O)[C@H](O)[C@H]3O)[C@@H]2O)O[C@H](CO)[C@@H](O[C@@H]2O[C@H](CO)[C@@H](O[C@@H]3O[C@H](CO)[C@@H](O)[C@H](O)[C@H]3NC(C)=O)[C@H](O)[C@H]2NC(C)=O)[C@@H]1O. The second-order valence-corrected chi connectivity index (χ2v) is 16.2. The van der Waals surface area contributed by atoms with Crippen molar-refractivity contribution in [3.8, 4) is 0 Å². The molecule has 3 amide bonds. The van der Waals surface area contributed by atoms with Crippen molar-refractivity contribution in [2.75, 3.05) is 33.0 Å². The summed E-state index contributed by atoms with van der Waals surface area (Å²) < 4.78 is 51.6. The Labute approximate surface area is 369 Å². The molecule has 5 heterocycles. The highest BCUT2D eigenvalue weighted by Crippen LogP contribution is 2.36. The Balaban J connectivity index is 1.37. The summed E-state index contributed by atoms with van der Waals surface area (Å²) in [6, 6.07) is -4.91. The number of hydrogen-bond acceptors (Lipinski definition) is 26. The molecule has 0 saturated carbocycles. The van der Waals surface area contributed by atoms with Gasteiger partial charge in [0, 0.05) is 20.8 Å².